The van der Waals surface area contributed by atoms with Gasteiger partial charge in [0, 0.05) is 24.2 Å². The highest BCUT2D eigenvalue weighted by atomic mass is 16.5. The average molecular weight is 331 g/mol. The Labute approximate surface area is 142 Å². The summed E-state index contributed by atoms with van der Waals surface area (Å²) in [6.07, 6.45) is 1.63. The first kappa shape index (κ1) is 18.0. The summed E-state index contributed by atoms with van der Waals surface area (Å²) in [5.74, 6) is 0.724. The number of nitrogens with one attached hydrogen (secondary N) is 2. The van der Waals surface area contributed by atoms with Gasteiger partial charge < -0.3 is 10.1 Å². The van der Waals surface area contributed by atoms with E-state index in [9.17, 15) is 9.59 Å². The largest absolute Gasteiger partial charge is 0.494 e. The summed E-state index contributed by atoms with van der Waals surface area (Å²) in [5.41, 5.74) is 4.01. The predicted octanol–water partition coefficient (Wildman–Crippen LogP) is 2.75. The highest BCUT2D eigenvalue weighted by Gasteiger charge is 2.30. The number of carbonyl (C=O) groups excluding carboxylic acids is 2. The Morgan fingerprint density at radius 1 is 1.25 bits per heavy atom. The van der Waals surface area contributed by atoms with Gasteiger partial charge >= 0.3 is 0 Å². The van der Waals surface area contributed by atoms with Crippen LogP contribution < -0.4 is 15.5 Å². The number of anilines is 1. The molecule has 0 bridgehead atoms. The van der Waals surface area contributed by atoms with E-state index in [2.05, 4.69) is 15.8 Å². The summed E-state index contributed by atoms with van der Waals surface area (Å²) in [6.45, 7) is 6.74. The molecule has 0 saturated heterocycles. The van der Waals surface area contributed by atoms with Crippen LogP contribution in [0.2, 0.25) is 0 Å². The Bertz CT molecular complexity index is 621. The first-order valence-corrected chi connectivity index (χ1v) is 8.21. The molecule has 6 nitrogen and oxygen atoms in total. The highest BCUT2D eigenvalue weighted by Crippen LogP contribution is 2.31. The van der Waals surface area contributed by atoms with Gasteiger partial charge in [-0.2, -0.15) is 5.10 Å². The normalized spacial score (nSPS) is 18.3. The second-order valence-electron chi connectivity index (χ2n) is 6.76. The van der Waals surface area contributed by atoms with Gasteiger partial charge in [0.05, 0.1) is 13.2 Å². The van der Waals surface area contributed by atoms with E-state index in [1.54, 1.807) is 0 Å². The van der Waals surface area contributed by atoms with Crippen molar-refractivity contribution in [2.24, 2.45) is 10.5 Å². The lowest BCUT2D eigenvalue weighted by Gasteiger charge is -2.29. The lowest BCUT2D eigenvalue weighted by Crippen LogP contribution is -2.32. The monoisotopic (exact) mass is 331 g/mol. The van der Waals surface area contributed by atoms with E-state index in [4.69, 9.17) is 4.74 Å². The summed E-state index contributed by atoms with van der Waals surface area (Å²) in [4.78, 5) is 23.6. The summed E-state index contributed by atoms with van der Waals surface area (Å²) < 4.78 is 5.37. The van der Waals surface area contributed by atoms with Crippen LogP contribution in [0.5, 0.6) is 5.75 Å². The maximum absolute atomic E-state index is 11.9. The SMILES string of the molecule is CCOc1ccc(NCC(=O)N/N=C2\CC(=O)CC(C)(C)C2)cc1. The van der Waals surface area contributed by atoms with Crippen LogP contribution in [-0.2, 0) is 9.59 Å². The Morgan fingerprint density at radius 3 is 2.58 bits per heavy atom. The van der Waals surface area contributed by atoms with Crippen molar-refractivity contribution in [2.45, 2.75) is 40.0 Å². The predicted molar refractivity (Wildman–Crippen MR) is 94.3 cm³/mol. The summed E-state index contributed by atoms with van der Waals surface area (Å²) in [7, 11) is 0. The Balaban J connectivity index is 1.80. The van der Waals surface area contributed by atoms with Crippen molar-refractivity contribution in [1.29, 1.82) is 0 Å². The number of Topliss-reactive ketones (excluding diaryl/α,β-unsaturated/α-hetero) is 1. The standard InChI is InChI=1S/C18H25N3O3/c1-4-24-16-7-5-13(6-8-16)19-12-17(23)21-20-14-9-15(22)11-18(2,3)10-14/h5-8,19H,4,9-12H2,1-3H3,(H,21,23)/b20-14+. The lowest BCUT2D eigenvalue weighted by atomic mass is 9.76. The third-order valence-electron chi connectivity index (χ3n) is 3.72. The number of ketones is 1. The van der Waals surface area contributed by atoms with Gasteiger partial charge in [0.1, 0.15) is 11.5 Å². The van der Waals surface area contributed by atoms with Crippen molar-refractivity contribution in [1.82, 2.24) is 5.43 Å². The molecule has 1 amide bonds. The van der Waals surface area contributed by atoms with Crippen LogP contribution in [-0.4, -0.2) is 30.6 Å². The first-order valence-electron chi connectivity index (χ1n) is 8.21. The molecule has 24 heavy (non-hydrogen) atoms. The number of carbonyl (C=O) groups is 2. The van der Waals surface area contributed by atoms with Crippen LogP contribution in [0.25, 0.3) is 0 Å². The molecule has 1 aromatic carbocycles. The van der Waals surface area contributed by atoms with E-state index in [0.717, 1.165) is 23.6 Å². The van der Waals surface area contributed by atoms with Crippen molar-refractivity contribution in [3.05, 3.63) is 24.3 Å². The zero-order chi connectivity index (χ0) is 17.6. The molecule has 1 aliphatic carbocycles. The zero-order valence-corrected chi connectivity index (χ0v) is 14.5. The van der Waals surface area contributed by atoms with E-state index >= 15 is 0 Å². The summed E-state index contributed by atoms with van der Waals surface area (Å²) in [6, 6.07) is 7.40. The van der Waals surface area contributed by atoms with Crippen molar-refractivity contribution in [3.63, 3.8) is 0 Å². The molecule has 0 radical (unpaired) electrons. The molecule has 0 spiro atoms. The van der Waals surface area contributed by atoms with Crippen LogP contribution in [0.4, 0.5) is 5.69 Å². The number of hydrazone groups is 1. The van der Waals surface area contributed by atoms with E-state index in [-0.39, 0.29) is 23.7 Å². The highest BCUT2D eigenvalue weighted by molar-refractivity contribution is 6.05. The second-order valence-corrected chi connectivity index (χ2v) is 6.76. The molecular formula is C18H25N3O3. The molecule has 2 N–H and O–H groups in total. The molecule has 1 fully saturated rings. The van der Waals surface area contributed by atoms with E-state index in [0.29, 0.717) is 19.4 Å². The molecule has 2 rings (SSSR count). The Hall–Kier alpha value is -2.37. The van der Waals surface area contributed by atoms with Crippen molar-refractivity contribution in [2.75, 3.05) is 18.5 Å². The first-order chi connectivity index (χ1) is 11.4. The van der Waals surface area contributed by atoms with Crippen LogP contribution >= 0.6 is 0 Å². The topological polar surface area (TPSA) is 79.8 Å². The van der Waals surface area contributed by atoms with Gasteiger partial charge in [0.15, 0.2) is 0 Å². The molecule has 1 aromatic rings. The average Bonchev–Trinajstić information content (AvgIpc) is 2.51. The molecule has 0 aromatic heterocycles. The van der Waals surface area contributed by atoms with E-state index in [1.807, 2.05) is 45.0 Å². The molecule has 1 aliphatic rings. The van der Waals surface area contributed by atoms with Gasteiger partial charge in [-0.25, -0.2) is 5.43 Å². The van der Waals surface area contributed by atoms with Gasteiger partial charge in [-0.05, 0) is 43.0 Å². The maximum Gasteiger partial charge on any atom is 0.259 e. The van der Waals surface area contributed by atoms with Crippen LogP contribution in [0, 0.1) is 5.41 Å². The molecule has 6 heteroatoms. The third-order valence-corrected chi connectivity index (χ3v) is 3.72. The summed E-state index contributed by atoms with van der Waals surface area (Å²) in [5, 5.41) is 7.14. The maximum atomic E-state index is 11.9. The molecule has 0 aliphatic heterocycles. The van der Waals surface area contributed by atoms with Crippen LogP contribution in [0.3, 0.4) is 0 Å². The van der Waals surface area contributed by atoms with Crippen LogP contribution in [0.15, 0.2) is 29.4 Å². The third kappa shape index (κ3) is 5.68. The van der Waals surface area contributed by atoms with Crippen molar-refractivity contribution < 1.29 is 14.3 Å². The molecule has 0 unspecified atom stereocenters. The van der Waals surface area contributed by atoms with E-state index < -0.39 is 0 Å². The minimum absolute atomic E-state index is 0.0839. The number of nitrogens with zero attached hydrogens (tertiary/aromatic N) is 1. The number of hydrogen-bond acceptors (Lipinski definition) is 5. The van der Waals surface area contributed by atoms with Gasteiger partial charge in [-0.3, -0.25) is 9.59 Å². The van der Waals surface area contributed by atoms with Gasteiger partial charge in [-0.1, -0.05) is 13.8 Å². The molecule has 0 atom stereocenters. The number of hydrogen-bond donors (Lipinski definition) is 2. The van der Waals surface area contributed by atoms with Crippen molar-refractivity contribution in [3.8, 4) is 5.75 Å². The summed E-state index contributed by atoms with van der Waals surface area (Å²) >= 11 is 0. The fraction of sp³-hybridized carbons (Fsp3) is 0.500. The number of rotatable bonds is 6. The molecule has 130 valence electrons. The zero-order valence-electron chi connectivity index (χ0n) is 14.5. The van der Waals surface area contributed by atoms with Gasteiger partial charge in [0.2, 0.25) is 0 Å². The second kappa shape index (κ2) is 7.95. The number of benzene rings is 1. The fourth-order valence-corrected chi connectivity index (χ4v) is 2.78. The van der Waals surface area contributed by atoms with Crippen molar-refractivity contribution >= 4 is 23.1 Å². The number of ether oxygens (including phenoxy) is 1. The van der Waals surface area contributed by atoms with E-state index in [1.165, 1.54) is 0 Å². The minimum Gasteiger partial charge on any atom is -0.494 e. The fourth-order valence-electron chi connectivity index (χ4n) is 2.78. The molecule has 1 saturated carbocycles. The van der Waals surface area contributed by atoms with Gasteiger partial charge in [0.25, 0.3) is 5.91 Å². The molecular weight excluding hydrogens is 306 g/mol. The quantitative estimate of drug-likeness (QED) is 0.786. The Kier molecular flexibility index (Phi) is 5.95. The Morgan fingerprint density at radius 2 is 1.96 bits per heavy atom. The minimum atomic E-state index is -0.243. The molecule has 0 heterocycles. The van der Waals surface area contributed by atoms with Gasteiger partial charge in [-0.15, -0.1) is 0 Å². The number of amides is 1. The lowest BCUT2D eigenvalue weighted by molar-refractivity contribution is -0.121. The smallest absolute Gasteiger partial charge is 0.259 e. The van der Waals surface area contributed by atoms with Crippen LogP contribution in [0.1, 0.15) is 40.0 Å².